The first-order valence-corrected chi connectivity index (χ1v) is 8.30. The van der Waals surface area contributed by atoms with E-state index in [0.717, 1.165) is 29.8 Å². The Balaban J connectivity index is 1.66. The van der Waals surface area contributed by atoms with Crippen molar-refractivity contribution in [2.45, 2.75) is 25.8 Å². The lowest BCUT2D eigenvalue weighted by Gasteiger charge is -2.24. The highest BCUT2D eigenvalue weighted by Crippen LogP contribution is 2.34. The maximum atomic E-state index is 13.0. The van der Waals surface area contributed by atoms with Crippen LogP contribution in [0.2, 0.25) is 0 Å². The lowest BCUT2D eigenvalue weighted by atomic mass is 10.0. The molecule has 1 fully saturated rings. The maximum absolute atomic E-state index is 13.0. The molecule has 4 rings (SSSR count). The molecule has 25 heavy (non-hydrogen) atoms. The Morgan fingerprint density at radius 3 is 3.00 bits per heavy atom. The minimum absolute atomic E-state index is 0.0169. The highest BCUT2D eigenvalue weighted by atomic mass is 16.5. The molecule has 1 aliphatic rings. The van der Waals surface area contributed by atoms with E-state index in [4.69, 9.17) is 4.74 Å². The molecule has 1 aromatic carbocycles. The zero-order chi connectivity index (χ0) is 17.4. The van der Waals surface area contributed by atoms with Crippen LogP contribution < -0.4 is 4.74 Å². The molecule has 1 saturated heterocycles. The average Bonchev–Trinajstić information content (AvgIpc) is 3.29. The van der Waals surface area contributed by atoms with Crippen molar-refractivity contribution < 1.29 is 9.53 Å². The Labute approximate surface area is 145 Å². The molecule has 128 valence electrons. The quantitative estimate of drug-likeness (QED) is 0.734. The van der Waals surface area contributed by atoms with Crippen LogP contribution in [0.1, 0.15) is 40.8 Å². The molecule has 0 radical (unpaired) electrons. The van der Waals surface area contributed by atoms with Gasteiger partial charge < -0.3 is 9.64 Å². The average molecular weight is 337 g/mol. The van der Waals surface area contributed by atoms with Gasteiger partial charge in [0.25, 0.3) is 11.7 Å². The van der Waals surface area contributed by atoms with Crippen LogP contribution >= 0.6 is 0 Å². The summed E-state index contributed by atoms with van der Waals surface area (Å²) in [6, 6.07) is 9.73. The zero-order valence-corrected chi connectivity index (χ0v) is 14.2. The summed E-state index contributed by atoms with van der Waals surface area (Å²) in [5, 5.41) is 4.35. The summed E-state index contributed by atoms with van der Waals surface area (Å²) >= 11 is 0. The van der Waals surface area contributed by atoms with E-state index in [-0.39, 0.29) is 17.8 Å². The van der Waals surface area contributed by atoms with Gasteiger partial charge in [-0.2, -0.15) is 4.98 Å². The van der Waals surface area contributed by atoms with E-state index in [2.05, 4.69) is 15.1 Å². The molecule has 0 saturated carbocycles. The second-order valence-corrected chi connectivity index (χ2v) is 6.17. The minimum atomic E-state index is -0.157. The normalized spacial score (nSPS) is 17.2. The number of hydrogen-bond donors (Lipinski definition) is 0. The molecule has 2 aromatic heterocycles. The maximum Gasteiger partial charge on any atom is 0.294 e. The first kappa shape index (κ1) is 15.6. The number of fused-ring (bicyclic) bond motifs is 1. The summed E-state index contributed by atoms with van der Waals surface area (Å²) in [5.74, 6) is 1.27. The Morgan fingerprint density at radius 1 is 1.32 bits per heavy atom. The molecule has 7 nitrogen and oxygen atoms in total. The van der Waals surface area contributed by atoms with Gasteiger partial charge in [-0.1, -0.05) is 12.1 Å². The largest absolute Gasteiger partial charge is 0.497 e. The molecule has 1 atom stereocenters. The minimum Gasteiger partial charge on any atom is -0.497 e. The molecule has 0 bridgehead atoms. The van der Waals surface area contributed by atoms with E-state index in [1.54, 1.807) is 17.8 Å². The van der Waals surface area contributed by atoms with Crippen molar-refractivity contribution in [2.75, 3.05) is 13.7 Å². The van der Waals surface area contributed by atoms with Gasteiger partial charge in [0.2, 0.25) is 5.82 Å². The van der Waals surface area contributed by atoms with Gasteiger partial charge in [-0.05, 0) is 43.5 Å². The van der Waals surface area contributed by atoms with Gasteiger partial charge in [-0.25, -0.2) is 9.50 Å². The summed E-state index contributed by atoms with van der Waals surface area (Å²) < 4.78 is 6.91. The number of carbonyl (C=O) groups excluding carboxylic acids is 1. The van der Waals surface area contributed by atoms with Crippen molar-refractivity contribution >= 4 is 11.7 Å². The van der Waals surface area contributed by atoms with Gasteiger partial charge in [0.05, 0.1) is 13.2 Å². The van der Waals surface area contributed by atoms with Crippen LogP contribution in [0.5, 0.6) is 5.75 Å². The van der Waals surface area contributed by atoms with E-state index in [1.165, 1.54) is 0 Å². The molecule has 0 N–H and O–H groups in total. The standard InChI is InChI=1S/C18H19N5O2/c1-12-8-9-19-18-20-16(21-23(12)18)17(24)22-10-4-7-15(22)13-5-3-6-14(11-13)25-2/h3,5-6,8-9,11,15H,4,7,10H2,1-2H3/t15-/m1/s1. The molecule has 0 unspecified atom stereocenters. The number of rotatable bonds is 3. The summed E-state index contributed by atoms with van der Waals surface area (Å²) in [7, 11) is 1.65. The van der Waals surface area contributed by atoms with Gasteiger partial charge in [0.15, 0.2) is 0 Å². The number of amides is 1. The van der Waals surface area contributed by atoms with E-state index < -0.39 is 0 Å². The molecule has 7 heteroatoms. The number of methoxy groups -OCH3 is 1. The predicted molar refractivity (Wildman–Crippen MR) is 91.5 cm³/mol. The van der Waals surface area contributed by atoms with Gasteiger partial charge >= 0.3 is 0 Å². The van der Waals surface area contributed by atoms with Gasteiger partial charge in [-0.3, -0.25) is 4.79 Å². The molecule has 3 aromatic rings. The number of hydrogen-bond acceptors (Lipinski definition) is 5. The molecule has 0 spiro atoms. The third kappa shape index (κ3) is 2.71. The monoisotopic (exact) mass is 337 g/mol. The van der Waals surface area contributed by atoms with Crippen LogP contribution in [0.3, 0.4) is 0 Å². The number of benzene rings is 1. The van der Waals surface area contributed by atoms with Crippen LogP contribution in [0.4, 0.5) is 0 Å². The summed E-state index contributed by atoms with van der Waals surface area (Å²) in [5.41, 5.74) is 1.96. The Morgan fingerprint density at radius 2 is 2.20 bits per heavy atom. The van der Waals surface area contributed by atoms with Crippen LogP contribution in [-0.4, -0.2) is 44.0 Å². The highest BCUT2D eigenvalue weighted by molar-refractivity contribution is 5.91. The Hall–Kier alpha value is -2.96. The van der Waals surface area contributed by atoms with Crippen molar-refractivity contribution in [3.8, 4) is 5.75 Å². The fraction of sp³-hybridized carbons (Fsp3) is 0.333. The van der Waals surface area contributed by atoms with E-state index in [1.807, 2.05) is 42.2 Å². The Kier molecular flexibility index (Phi) is 3.83. The fourth-order valence-electron chi connectivity index (χ4n) is 3.33. The molecule has 3 heterocycles. The number of likely N-dealkylation sites (tertiary alicyclic amines) is 1. The molecule has 1 amide bonds. The third-order valence-corrected chi connectivity index (χ3v) is 4.61. The third-order valence-electron chi connectivity index (χ3n) is 4.61. The number of carbonyl (C=O) groups is 1. The van der Waals surface area contributed by atoms with Crippen molar-refractivity contribution in [3.05, 3.63) is 53.6 Å². The smallest absolute Gasteiger partial charge is 0.294 e. The molecule has 0 aliphatic carbocycles. The van der Waals surface area contributed by atoms with Crippen LogP contribution in [0.25, 0.3) is 5.78 Å². The van der Waals surface area contributed by atoms with Gasteiger partial charge in [-0.15, -0.1) is 5.10 Å². The highest BCUT2D eigenvalue weighted by Gasteiger charge is 2.33. The molecular weight excluding hydrogens is 318 g/mol. The second kappa shape index (κ2) is 6.16. The van der Waals surface area contributed by atoms with Crippen molar-refractivity contribution in [1.29, 1.82) is 0 Å². The van der Waals surface area contributed by atoms with Crippen LogP contribution in [-0.2, 0) is 0 Å². The number of nitrogens with zero attached hydrogens (tertiary/aromatic N) is 5. The van der Waals surface area contributed by atoms with Crippen molar-refractivity contribution in [2.24, 2.45) is 0 Å². The van der Waals surface area contributed by atoms with E-state index in [0.29, 0.717) is 12.3 Å². The summed E-state index contributed by atoms with van der Waals surface area (Å²) in [4.78, 5) is 23.3. The van der Waals surface area contributed by atoms with Crippen molar-refractivity contribution in [1.82, 2.24) is 24.5 Å². The van der Waals surface area contributed by atoms with Gasteiger partial charge in [0.1, 0.15) is 5.75 Å². The summed E-state index contributed by atoms with van der Waals surface area (Å²) in [6.45, 7) is 2.61. The van der Waals surface area contributed by atoms with Crippen LogP contribution in [0, 0.1) is 6.92 Å². The zero-order valence-electron chi connectivity index (χ0n) is 14.2. The fourth-order valence-corrected chi connectivity index (χ4v) is 3.33. The second-order valence-electron chi connectivity index (χ2n) is 6.17. The number of aryl methyl sites for hydroxylation is 1. The topological polar surface area (TPSA) is 72.6 Å². The van der Waals surface area contributed by atoms with Crippen LogP contribution in [0.15, 0.2) is 36.5 Å². The van der Waals surface area contributed by atoms with Crippen molar-refractivity contribution in [3.63, 3.8) is 0 Å². The number of ether oxygens (including phenoxy) is 1. The predicted octanol–water partition coefficient (Wildman–Crippen LogP) is 2.42. The first-order chi connectivity index (χ1) is 12.2. The lowest BCUT2D eigenvalue weighted by Crippen LogP contribution is -2.31. The molecular formula is C18H19N5O2. The van der Waals surface area contributed by atoms with E-state index >= 15 is 0 Å². The first-order valence-electron chi connectivity index (χ1n) is 8.30. The SMILES string of the molecule is COc1cccc([C@H]2CCCN2C(=O)c2nc3nccc(C)n3n2)c1. The molecule has 1 aliphatic heterocycles. The summed E-state index contributed by atoms with van der Waals surface area (Å²) in [6.07, 6.45) is 3.55. The number of aromatic nitrogens is 4. The Bertz CT molecular complexity index is 936. The lowest BCUT2D eigenvalue weighted by molar-refractivity contribution is 0.0723. The van der Waals surface area contributed by atoms with Gasteiger partial charge in [0, 0.05) is 18.4 Å². The van der Waals surface area contributed by atoms with E-state index in [9.17, 15) is 4.79 Å².